The highest BCUT2D eigenvalue weighted by molar-refractivity contribution is 7.12. The van der Waals surface area contributed by atoms with E-state index in [9.17, 15) is 10.1 Å². The summed E-state index contributed by atoms with van der Waals surface area (Å²) in [6.45, 7) is 5.29. The van der Waals surface area contributed by atoms with Crippen LogP contribution in [0.15, 0.2) is 35.7 Å². The quantitative estimate of drug-likeness (QED) is 0.648. The second kappa shape index (κ2) is 7.98. The number of benzene rings is 1. The van der Waals surface area contributed by atoms with Crippen LogP contribution in [-0.2, 0) is 0 Å². The van der Waals surface area contributed by atoms with Crippen molar-refractivity contribution in [1.82, 2.24) is 10.3 Å². The lowest BCUT2D eigenvalue weighted by atomic mass is 10.0. The third-order valence-corrected chi connectivity index (χ3v) is 5.18. The van der Waals surface area contributed by atoms with Crippen molar-refractivity contribution in [2.75, 3.05) is 18.4 Å². The van der Waals surface area contributed by atoms with Gasteiger partial charge in [0.1, 0.15) is 11.9 Å². The van der Waals surface area contributed by atoms with E-state index < -0.39 is 0 Å². The van der Waals surface area contributed by atoms with Gasteiger partial charge in [0.2, 0.25) is 0 Å². The number of carbonyl (C=O) groups is 1. The molecule has 0 aliphatic heterocycles. The zero-order valence-electron chi connectivity index (χ0n) is 14.8. The van der Waals surface area contributed by atoms with E-state index in [4.69, 9.17) is 0 Å². The zero-order valence-corrected chi connectivity index (χ0v) is 15.6. The molecule has 0 fully saturated rings. The molecule has 5 nitrogen and oxygen atoms in total. The molecule has 26 heavy (non-hydrogen) atoms. The lowest BCUT2D eigenvalue weighted by Gasteiger charge is -2.11. The van der Waals surface area contributed by atoms with Crippen LogP contribution in [0.5, 0.6) is 0 Å². The molecule has 0 saturated carbocycles. The monoisotopic (exact) mass is 364 g/mol. The molecule has 0 aliphatic carbocycles. The van der Waals surface area contributed by atoms with Crippen LogP contribution >= 0.6 is 11.3 Å². The van der Waals surface area contributed by atoms with Gasteiger partial charge in [0.05, 0.1) is 16.0 Å². The highest BCUT2D eigenvalue weighted by Crippen LogP contribution is 2.24. The minimum absolute atomic E-state index is 0.0485. The number of fused-ring (bicyclic) bond motifs is 1. The number of carbonyl (C=O) groups excluding carboxylic acids is 1. The van der Waals surface area contributed by atoms with E-state index in [1.165, 1.54) is 16.9 Å². The highest BCUT2D eigenvalue weighted by Gasteiger charge is 2.09. The van der Waals surface area contributed by atoms with Gasteiger partial charge < -0.3 is 10.6 Å². The normalized spacial score (nSPS) is 10.5. The minimum atomic E-state index is -0.0485. The summed E-state index contributed by atoms with van der Waals surface area (Å²) in [6.07, 6.45) is 0.745. The predicted octanol–water partition coefficient (Wildman–Crippen LogP) is 4.02. The molecular formula is C20H20N4OS. The van der Waals surface area contributed by atoms with Gasteiger partial charge in [-0.25, -0.2) is 4.98 Å². The number of thiophene rings is 1. The van der Waals surface area contributed by atoms with Crippen molar-refractivity contribution < 1.29 is 4.79 Å². The summed E-state index contributed by atoms with van der Waals surface area (Å²) < 4.78 is 0. The molecule has 0 aliphatic rings. The average Bonchev–Trinajstić information content (AvgIpc) is 3.19. The molecule has 3 aromatic rings. The van der Waals surface area contributed by atoms with Crippen molar-refractivity contribution in [1.29, 1.82) is 5.26 Å². The van der Waals surface area contributed by atoms with Crippen LogP contribution in [0.2, 0.25) is 0 Å². The van der Waals surface area contributed by atoms with E-state index in [2.05, 4.69) is 28.6 Å². The van der Waals surface area contributed by atoms with Crippen LogP contribution in [0, 0.1) is 25.2 Å². The first kappa shape index (κ1) is 17.9. The van der Waals surface area contributed by atoms with Gasteiger partial charge in [0.15, 0.2) is 0 Å². The number of rotatable bonds is 6. The molecule has 2 N–H and O–H groups in total. The lowest BCUT2D eigenvalue weighted by molar-refractivity contribution is 0.0957. The van der Waals surface area contributed by atoms with Crippen LogP contribution < -0.4 is 10.6 Å². The number of aromatic nitrogens is 1. The summed E-state index contributed by atoms with van der Waals surface area (Å²) in [7, 11) is 0. The van der Waals surface area contributed by atoms with Crippen LogP contribution in [0.1, 0.15) is 32.8 Å². The zero-order chi connectivity index (χ0) is 18.5. The molecule has 6 heteroatoms. The van der Waals surface area contributed by atoms with E-state index in [0.717, 1.165) is 22.9 Å². The molecule has 0 bridgehead atoms. The Morgan fingerprint density at radius 2 is 2.12 bits per heavy atom. The van der Waals surface area contributed by atoms with E-state index in [1.54, 1.807) is 6.07 Å². The number of pyridine rings is 1. The number of nitriles is 1. The number of nitrogens with one attached hydrogen (secondary N) is 2. The molecular weight excluding hydrogens is 344 g/mol. The van der Waals surface area contributed by atoms with Gasteiger partial charge in [-0.2, -0.15) is 5.26 Å². The minimum Gasteiger partial charge on any atom is -0.369 e. The third-order valence-electron chi connectivity index (χ3n) is 4.31. The molecule has 0 atom stereocenters. The third kappa shape index (κ3) is 3.84. The molecule has 1 amide bonds. The summed E-state index contributed by atoms with van der Waals surface area (Å²) in [5.74, 6) is 0.547. The summed E-state index contributed by atoms with van der Waals surface area (Å²) in [4.78, 5) is 17.3. The number of anilines is 1. The molecule has 132 valence electrons. The molecule has 3 rings (SSSR count). The standard InChI is InChI=1S/C20H20N4OS/c1-13-6-7-15-11-16(12-21)19(24-18(15)14(13)2)22-8-4-9-23-20(25)17-5-3-10-26-17/h3,5-7,10-11H,4,8-9H2,1-2H3,(H,22,24)(H,23,25). The van der Waals surface area contributed by atoms with Crippen molar-refractivity contribution in [2.24, 2.45) is 0 Å². The van der Waals surface area contributed by atoms with Gasteiger partial charge in [-0.1, -0.05) is 18.2 Å². The SMILES string of the molecule is Cc1ccc2cc(C#N)c(NCCCNC(=O)c3cccs3)nc2c1C. The van der Waals surface area contributed by atoms with Crippen molar-refractivity contribution in [3.8, 4) is 6.07 Å². The van der Waals surface area contributed by atoms with Crippen molar-refractivity contribution >= 4 is 34.0 Å². The summed E-state index contributed by atoms with van der Waals surface area (Å²) in [6, 6.07) is 11.8. The fourth-order valence-corrected chi connectivity index (χ4v) is 3.33. The number of amides is 1. The van der Waals surface area contributed by atoms with Gasteiger partial charge in [-0.05, 0) is 48.9 Å². The number of nitrogens with zero attached hydrogens (tertiary/aromatic N) is 2. The van der Waals surface area contributed by atoms with Crippen molar-refractivity contribution in [3.05, 3.63) is 57.3 Å². The highest BCUT2D eigenvalue weighted by atomic mass is 32.1. The maximum atomic E-state index is 11.9. The van der Waals surface area contributed by atoms with E-state index in [1.807, 2.05) is 36.6 Å². The Kier molecular flexibility index (Phi) is 5.49. The van der Waals surface area contributed by atoms with Gasteiger partial charge in [0.25, 0.3) is 5.91 Å². The smallest absolute Gasteiger partial charge is 0.261 e. The van der Waals surface area contributed by atoms with Crippen LogP contribution in [-0.4, -0.2) is 24.0 Å². The Labute approximate surface area is 156 Å². The van der Waals surface area contributed by atoms with Crippen molar-refractivity contribution in [3.63, 3.8) is 0 Å². The molecule has 0 spiro atoms. The molecule has 0 unspecified atom stereocenters. The maximum Gasteiger partial charge on any atom is 0.261 e. The fourth-order valence-electron chi connectivity index (χ4n) is 2.69. The Bertz CT molecular complexity index is 974. The molecule has 2 heterocycles. The summed E-state index contributed by atoms with van der Waals surface area (Å²) in [5, 5.41) is 18.4. The largest absolute Gasteiger partial charge is 0.369 e. The Hall–Kier alpha value is -2.91. The second-order valence-corrected chi connectivity index (χ2v) is 7.04. The van der Waals surface area contributed by atoms with E-state index in [0.29, 0.717) is 29.3 Å². The topological polar surface area (TPSA) is 77.8 Å². The Morgan fingerprint density at radius 1 is 1.27 bits per heavy atom. The van der Waals surface area contributed by atoms with Crippen LogP contribution in [0.4, 0.5) is 5.82 Å². The first-order chi connectivity index (χ1) is 12.6. The van der Waals surface area contributed by atoms with Gasteiger partial charge in [-0.3, -0.25) is 4.79 Å². The molecule has 1 aromatic carbocycles. The maximum absolute atomic E-state index is 11.9. The second-order valence-electron chi connectivity index (χ2n) is 6.09. The predicted molar refractivity (Wildman–Crippen MR) is 106 cm³/mol. The molecule has 0 radical (unpaired) electrons. The number of aryl methyl sites for hydroxylation is 2. The first-order valence-corrected chi connectivity index (χ1v) is 9.34. The molecule has 2 aromatic heterocycles. The molecule has 0 saturated heterocycles. The summed E-state index contributed by atoms with van der Waals surface area (Å²) in [5.41, 5.74) is 3.75. The van der Waals surface area contributed by atoms with Crippen molar-refractivity contribution in [2.45, 2.75) is 20.3 Å². The van der Waals surface area contributed by atoms with Gasteiger partial charge >= 0.3 is 0 Å². The fraction of sp³-hybridized carbons (Fsp3) is 0.250. The lowest BCUT2D eigenvalue weighted by Crippen LogP contribution is -2.25. The van der Waals surface area contributed by atoms with Gasteiger partial charge in [0, 0.05) is 18.5 Å². The first-order valence-electron chi connectivity index (χ1n) is 8.47. The number of hydrogen-bond donors (Lipinski definition) is 2. The van der Waals surface area contributed by atoms with E-state index in [-0.39, 0.29) is 5.91 Å². The van der Waals surface area contributed by atoms with Crippen LogP contribution in [0.25, 0.3) is 10.9 Å². The number of hydrogen-bond acceptors (Lipinski definition) is 5. The summed E-state index contributed by atoms with van der Waals surface area (Å²) >= 11 is 1.43. The van der Waals surface area contributed by atoms with Gasteiger partial charge in [-0.15, -0.1) is 11.3 Å². The average molecular weight is 364 g/mol. The van der Waals surface area contributed by atoms with Crippen LogP contribution in [0.3, 0.4) is 0 Å². The van der Waals surface area contributed by atoms with E-state index >= 15 is 0 Å². The Balaban J connectivity index is 1.62. The Morgan fingerprint density at radius 3 is 2.85 bits per heavy atom.